The van der Waals surface area contributed by atoms with E-state index in [1.165, 1.54) is 11.8 Å². The van der Waals surface area contributed by atoms with Crippen LogP contribution >= 0.6 is 23.4 Å². The summed E-state index contributed by atoms with van der Waals surface area (Å²) in [7, 11) is 1.63. The molecule has 28 heavy (non-hydrogen) atoms. The Morgan fingerprint density at radius 2 is 2.04 bits per heavy atom. The van der Waals surface area contributed by atoms with Gasteiger partial charge in [-0.25, -0.2) is 0 Å². The lowest BCUT2D eigenvalue weighted by atomic mass is 10.2. The lowest BCUT2D eigenvalue weighted by Gasteiger charge is -2.10. The van der Waals surface area contributed by atoms with Crippen molar-refractivity contribution in [2.24, 2.45) is 0 Å². The van der Waals surface area contributed by atoms with Crippen LogP contribution in [-0.4, -0.2) is 33.5 Å². The summed E-state index contributed by atoms with van der Waals surface area (Å²) in [6, 6.07) is 13.1. The highest BCUT2D eigenvalue weighted by molar-refractivity contribution is 7.99. The van der Waals surface area contributed by atoms with Crippen molar-refractivity contribution in [3.63, 3.8) is 0 Å². The van der Waals surface area contributed by atoms with E-state index >= 15 is 0 Å². The fourth-order valence-electron chi connectivity index (χ4n) is 2.72. The number of amides is 1. The lowest BCUT2D eigenvalue weighted by Crippen LogP contribution is -2.15. The van der Waals surface area contributed by atoms with Crippen molar-refractivity contribution in [1.29, 1.82) is 0 Å². The molecule has 0 aliphatic carbocycles. The molecule has 1 amide bonds. The summed E-state index contributed by atoms with van der Waals surface area (Å²) in [4.78, 5) is 12.4. The number of ether oxygens (including phenoxy) is 1. The smallest absolute Gasteiger partial charge is 0.234 e. The van der Waals surface area contributed by atoms with E-state index in [2.05, 4.69) is 15.5 Å². The van der Waals surface area contributed by atoms with Crippen LogP contribution in [0.1, 0.15) is 12.5 Å². The zero-order valence-electron chi connectivity index (χ0n) is 15.9. The van der Waals surface area contributed by atoms with Crippen LogP contribution < -0.4 is 10.1 Å². The van der Waals surface area contributed by atoms with Crippen LogP contribution in [0.3, 0.4) is 0 Å². The number of methoxy groups -OCH3 is 1. The van der Waals surface area contributed by atoms with E-state index in [9.17, 15) is 4.79 Å². The molecule has 0 aliphatic rings. The van der Waals surface area contributed by atoms with E-state index in [0.717, 1.165) is 22.7 Å². The molecule has 6 nitrogen and oxygen atoms in total. The number of halogens is 1. The number of carbonyl (C=O) groups is 1. The number of hydrogen-bond acceptors (Lipinski definition) is 5. The predicted molar refractivity (Wildman–Crippen MR) is 113 cm³/mol. The maximum absolute atomic E-state index is 12.4. The molecular weight excluding hydrogens is 396 g/mol. The molecule has 0 radical (unpaired) electrons. The second-order valence-electron chi connectivity index (χ2n) is 6.03. The summed E-state index contributed by atoms with van der Waals surface area (Å²) in [5, 5.41) is 12.8. The van der Waals surface area contributed by atoms with E-state index in [0.29, 0.717) is 22.4 Å². The molecule has 1 aromatic heterocycles. The van der Waals surface area contributed by atoms with Gasteiger partial charge in [0.15, 0.2) is 11.0 Å². The molecule has 1 N–H and O–H groups in total. The highest BCUT2D eigenvalue weighted by atomic mass is 35.5. The van der Waals surface area contributed by atoms with E-state index in [1.807, 2.05) is 54.8 Å². The maximum Gasteiger partial charge on any atom is 0.234 e. The van der Waals surface area contributed by atoms with Crippen LogP contribution in [0.25, 0.3) is 11.4 Å². The first kappa shape index (κ1) is 20.2. The van der Waals surface area contributed by atoms with Gasteiger partial charge >= 0.3 is 0 Å². The number of rotatable bonds is 7. The Morgan fingerprint density at radius 1 is 1.25 bits per heavy atom. The molecule has 0 atom stereocenters. The second kappa shape index (κ2) is 9.12. The number of nitrogens with zero attached hydrogens (tertiary/aromatic N) is 3. The Labute approximate surface area is 173 Å². The van der Waals surface area contributed by atoms with E-state index in [4.69, 9.17) is 16.3 Å². The van der Waals surface area contributed by atoms with Gasteiger partial charge in [0.25, 0.3) is 0 Å². The summed E-state index contributed by atoms with van der Waals surface area (Å²) in [5.41, 5.74) is 2.48. The van der Waals surface area contributed by atoms with Crippen LogP contribution in [0.5, 0.6) is 5.75 Å². The topological polar surface area (TPSA) is 69.0 Å². The van der Waals surface area contributed by atoms with Crippen LogP contribution in [0.2, 0.25) is 5.02 Å². The largest absolute Gasteiger partial charge is 0.497 e. The number of aromatic nitrogens is 3. The molecule has 3 rings (SSSR count). The average Bonchev–Trinajstić information content (AvgIpc) is 3.13. The Kier molecular flexibility index (Phi) is 6.59. The third-order valence-electron chi connectivity index (χ3n) is 4.24. The second-order valence-corrected chi connectivity index (χ2v) is 7.38. The highest BCUT2D eigenvalue weighted by Gasteiger charge is 2.15. The van der Waals surface area contributed by atoms with Crippen molar-refractivity contribution in [2.75, 3.05) is 18.2 Å². The quantitative estimate of drug-likeness (QED) is 0.567. The standard InChI is InChI=1S/C20H21ClN4O2S/c1-4-25-19(14-7-5-8-15(11-14)27-3)23-24-20(25)28-12-18(26)22-17-10-6-9-16(21)13(17)2/h5-11H,4,12H2,1-3H3,(H,22,26). The van der Waals surface area contributed by atoms with Gasteiger partial charge in [-0.1, -0.05) is 41.6 Å². The molecule has 8 heteroatoms. The summed E-state index contributed by atoms with van der Waals surface area (Å²) in [6.45, 7) is 4.59. The zero-order chi connectivity index (χ0) is 20.1. The van der Waals surface area contributed by atoms with Crippen LogP contribution in [0.15, 0.2) is 47.6 Å². The fourth-order valence-corrected chi connectivity index (χ4v) is 3.69. The number of carbonyl (C=O) groups excluding carboxylic acids is 1. The first-order valence-corrected chi connectivity index (χ1v) is 10.1. The normalized spacial score (nSPS) is 10.7. The van der Waals surface area contributed by atoms with Gasteiger partial charge in [-0.3, -0.25) is 4.79 Å². The Bertz CT molecular complexity index is 990. The maximum atomic E-state index is 12.4. The molecule has 2 aromatic carbocycles. The highest BCUT2D eigenvalue weighted by Crippen LogP contribution is 2.27. The molecule has 0 saturated heterocycles. The molecule has 0 saturated carbocycles. The van der Waals surface area contributed by atoms with Gasteiger partial charge in [-0.05, 0) is 43.7 Å². The molecule has 0 bridgehead atoms. The third-order valence-corrected chi connectivity index (χ3v) is 5.61. The van der Waals surface area contributed by atoms with Gasteiger partial charge in [0.2, 0.25) is 5.91 Å². The summed E-state index contributed by atoms with van der Waals surface area (Å²) >= 11 is 7.45. The first-order valence-electron chi connectivity index (χ1n) is 8.78. The molecular formula is C20H21ClN4O2S. The molecule has 1 heterocycles. The van der Waals surface area contributed by atoms with Crippen molar-refractivity contribution in [3.05, 3.63) is 53.1 Å². The number of benzene rings is 2. The molecule has 0 aliphatic heterocycles. The van der Waals surface area contributed by atoms with E-state index < -0.39 is 0 Å². The van der Waals surface area contributed by atoms with Gasteiger partial charge in [-0.15, -0.1) is 10.2 Å². The lowest BCUT2D eigenvalue weighted by molar-refractivity contribution is -0.113. The Morgan fingerprint density at radius 3 is 2.79 bits per heavy atom. The van der Waals surface area contributed by atoms with Crippen molar-refractivity contribution in [1.82, 2.24) is 14.8 Å². The van der Waals surface area contributed by atoms with Crippen LogP contribution in [0, 0.1) is 6.92 Å². The van der Waals surface area contributed by atoms with E-state index in [-0.39, 0.29) is 11.7 Å². The van der Waals surface area contributed by atoms with Crippen LogP contribution in [0.4, 0.5) is 5.69 Å². The minimum Gasteiger partial charge on any atom is -0.497 e. The SMILES string of the molecule is CCn1c(SCC(=O)Nc2cccc(Cl)c2C)nnc1-c1cccc(OC)c1. The number of hydrogen-bond donors (Lipinski definition) is 1. The Balaban J connectivity index is 1.72. The molecule has 0 spiro atoms. The van der Waals surface area contributed by atoms with Crippen molar-refractivity contribution in [2.45, 2.75) is 25.5 Å². The van der Waals surface area contributed by atoms with Gasteiger partial charge in [0.05, 0.1) is 12.9 Å². The van der Waals surface area contributed by atoms with Crippen LogP contribution in [-0.2, 0) is 11.3 Å². The average molecular weight is 417 g/mol. The zero-order valence-corrected chi connectivity index (χ0v) is 17.5. The van der Waals surface area contributed by atoms with Crippen molar-refractivity contribution in [3.8, 4) is 17.1 Å². The van der Waals surface area contributed by atoms with Gasteiger partial charge < -0.3 is 14.6 Å². The summed E-state index contributed by atoms with van der Waals surface area (Å²) in [6.07, 6.45) is 0. The summed E-state index contributed by atoms with van der Waals surface area (Å²) < 4.78 is 7.27. The fraction of sp³-hybridized carbons (Fsp3) is 0.250. The third kappa shape index (κ3) is 4.48. The van der Waals surface area contributed by atoms with Crippen molar-refractivity contribution < 1.29 is 9.53 Å². The minimum absolute atomic E-state index is 0.121. The van der Waals surface area contributed by atoms with Gasteiger partial charge in [0.1, 0.15) is 5.75 Å². The van der Waals surface area contributed by atoms with Crippen molar-refractivity contribution >= 4 is 35.0 Å². The molecule has 146 valence electrons. The molecule has 0 unspecified atom stereocenters. The Hall–Kier alpha value is -2.51. The van der Waals surface area contributed by atoms with Gasteiger partial charge in [0, 0.05) is 22.8 Å². The number of thioether (sulfide) groups is 1. The molecule has 0 fully saturated rings. The van der Waals surface area contributed by atoms with E-state index in [1.54, 1.807) is 13.2 Å². The molecule has 3 aromatic rings. The number of nitrogens with one attached hydrogen (secondary N) is 1. The predicted octanol–water partition coefficient (Wildman–Crippen LogP) is 4.67. The summed E-state index contributed by atoms with van der Waals surface area (Å²) in [5.74, 6) is 1.61. The monoisotopic (exact) mass is 416 g/mol. The van der Waals surface area contributed by atoms with Gasteiger partial charge in [-0.2, -0.15) is 0 Å². The first-order chi connectivity index (χ1) is 13.5. The number of anilines is 1. The minimum atomic E-state index is -0.121.